The van der Waals surface area contributed by atoms with Crippen LogP contribution in [0.15, 0.2) is 41.4 Å². The molecule has 0 aliphatic carbocycles. The minimum absolute atomic E-state index is 0.118. The molecule has 0 radical (unpaired) electrons. The fraction of sp³-hybridized carbons (Fsp3) is 0. The van der Waals surface area contributed by atoms with Crippen LogP contribution in [-0.4, -0.2) is 13.4 Å². The molecule has 0 aliphatic heterocycles. The highest BCUT2D eigenvalue weighted by Crippen LogP contribution is 2.21. The van der Waals surface area contributed by atoms with Crippen molar-refractivity contribution in [3.8, 4) is 0 Å². The Hall–Kier alpha value is -2.26. The summed E-state index contributed by atoms with van der Waals surface area (Å²) in [6, 6.07) is 5.53. The van der Waals surface area contributed by atoms with Gasteiger partial charge < -0.3 is 5.43 Å². The van der Waals surface area contributed by atoms with Crippen molar-refractivity contribution in [2.24, 2.45) is 5.84 Å². The third-order valence-electron chi connectivity index (χ3n) is 2.39. The van der Waals surface area contributed by atoms with Crippen molar-refractivity contribution in [1.82, 2.24) is 4.98 Å². The fourth-order valence-electron chi connectivity index (χ4n) is 1.44. The van der Waals surface area contributed by atoms with E-state index in [0.717, 1.165) is 18.2 Å². The molecular formula is C11H10F2N4O2S. The SMILES string of the molecule is NNc1cc(S(=O)(=O)Nc2cccc(F)c2F)ccn1. The van der Waals surface area contributed by atoms with Crippen LogP contribution in [0, 0.1) is 11.6 Å². The van der Waals surface area contributed by atoms with Gasteiger partial charge in [0, 0.05) is 12.3 Å². The number of hydrazine groups is 1. The van der Waals surface area contributed by atoms with Gasteiger partial charge in [0.25, 0.3) is 10.0 Å². The molecule has 0 saturated heterocycles. The number of nitrogens with two attached hydrogens (primary N) is 1. The number of sulfonamides is 1. The molecule has 0 spiro atoms. The summed E-state index contributed by atoms with van der Waals surface area (Å²) in [7, 11) is -4.08. The number of hydrogen-bond donors (Lipinski definition) is 3. The quantitative estimate of drug-likeness (QED) is 0.586. The zero-order valence-electron chi connectivity index (χ0n) is 9.97. The van der Waals surface area contributed by atoms with Gasteiger partial charge >= 0.3 is 0 Å². The lowest BCUT2D eigenvalue weighted by Crippen LogP contribution is -2.16. The number of nitrogens with one attached hydrogen (secondary N) is 2. The van der Waals surface area contributed by atoms with Crippen LogP contribution in [0.2, 0.25) is 0 Å². The summed E-state index contributed by atoms with van der Waals surface area (Å²) in [5, 5.41) is 0. The number of benzene rings is 1. The molecule has 2 aromatic rings. The number of pyridine rings is 1. The first-order valence-electron chi connectivity index (χ1n) is 5.33. The number of aromatic nitrogens is 1. The molecule has 4 N–H and O–H groups in total. The van der Waals surface area contributed by atoms with Crippen molar-refractivity contribution in [3.05, 3.63) is 48.2 Å². The minimum Gasteiger partial charge on any atom is -0.308 e. The van der Waals surface area contributed by atoms with Crippen LogP contribution in [0.5, 0.6) is 0 Å². The van der Waals surface area contributed by atoms with Gasteiger partial charge in [0.15, 0.2) is 11.6 Å². The van der Waals surface area contributed by atoms with Gasteiger partial charge in [0.05, 0.1) is 10.6 Å². The summed E-state index contributed by atoms with van der Waals surface area (Å²) in [6.45, 7) is 0. The molecule has 1 aromatic heterocycles. The van der Waals surface area contributed by atoms with Crippen molar-refractivity contribution >= 4 is 21.5 Å². The lowest BCUT2D eigenvalue weighted by atomic mass is 10.3. The Morgan fingerprint density at radius 1 is 1.20 bits per heavy atom. The van der Waals surface area contributed by atoms with Gasteiger partial charge in [-0.15, -0.1) is 0 Å². The van der Waals surface area contributed by atoms with E-state index in [1.165, 1.54) is 18.3 Å². The first kappa shape index (κ1) is 14.2. The Balaban J connectivity index is 2.38. The second kappa shape index (κ2) is 5.39. The van der Waals surface area contributed by atoms with Crippen molar-refractivity contribution in [3.63, 3.8) is 0 Å². The maximum atomic E-state index is 13.4. The minimum atomic E-state index is -4.08. The molecule has 0 atom stereocenters. The predicted molar refractivity (Wildman–Crippen MR) is 69.2 cm³/mol. The maximum absolute atomic E-state index is 13.4. The molecule has 106 valence electrons. The molecule has 1 aromatic carbocycles. The van der Waals surface area contributed by atoms with Crippen LogP contribution >= 0.6 is 0 Å². The van der Waals surface area contributed by atoms with Gasteiger partial charge in [0.2, 0.25) is 0 Å². The molecule has 2 rings (SSSR count). The topological polar surface area (TPSA) is 97.1 Å². The molecule has 6 nitrogen and oxygen atoms in total. The summed E-state index contributed by atoms with van der Waals surface area (Å²) in [4.78, 5) is 3.56. The molecule has 0 bridgehead atoms. The van der Waals surface area contributed by atoms with Crippen molar-refractivity contribution in [1.29, 1.82) is 0 Å². The Bertz CT molecular complexity index is 737. The summed E-state index contributed by atoms with van der Waals surface area (Å²) in [6.07, 6.45) is 1.21. The number of anilines is 2. The van der Waals surface area contributed by atoms with Crippen LogP contribution in [0.4, 0.5) is 20.3 Å². The van der Waals surface area contributed by atoms with E-state index in [1.54, 1.807) is 0 Å². The Kier molecular flexibility index (Phi) is 3.81. The van der Waals surface area contributed by atoms with Gasteiger partial charge in [-0.1, -0.05) is 6.07 Å². The van der Waals surface area contributed by atoms with Crippen LogP contribution in [0.25, 0.3) is 0 Å². The zero-order chi connectivity index (χ0) is 14.8. The van der Waals surface area contributed by atoms with Crippen LogP contribution in [0.1, 0.15) is 0 Å². The molecule has 0 saturated carbocycles. The van der Waals surface area contributed by atoms with E-state index >= 15 is 0 Å². The lowest BCUT2D eigenvalue weighted by Gasteiger charge is -2.09. The van der Waals surface area contributed by atoms with Gasteiger partial charge in [0.1, 0.15) is 5.82 Å². The third kappa shape index (κ3) is 2.83. The number of hydrogen-bond acceptors (Lipinski definition) is 5. The van der Waals surface area contributed by atoms with Crippen LogP contribution < -0.4 is 16.0 Å². The molecule has 0 fully saturated rings. The van der Waals surface area contributed by atoms with Gasteiger partial charge in [-0.3, -0.25) is 4.72 Å². The smallest absolute Gasteiger partial charge is 0.262 e. The van der Waals surface area contributed by atoms with Gasteiger partial charge in [-0.25, -0.2) is 28.0 Å². The Morgan fingerprint density at radius 3 is 2.65 bits per heavy atom. The van der Waals surface area contributed by atoms with E-state index in [4.69, 9.17) is 5.84 Å². The first-order chi connectivity index (χ1) is 9.44. The van der Waals surface area contributed by atoms with E-state index < -0.39 is 27.3 Å². The summed E-state index contributed by atoms with van der Waals surface area (Å²) < 4.78 is 52.5. The summed E-state index contributed by atoms with van der Waals surface area (Å²) in [5.74, 6) is 2.81. The number of nitrogens with zero attached hydrogens (tertiary/aromatic N) is 1. The molecule has 0 aliphatic rings. The van der Waals surface area contributed by atoms with Crippen LogP contribution in [-0.2, 0) is 10.0 Å². The predicted octanol–water partition coefficient (Wildman–Crippen LogP) is 1.45. The average molecular weight is 300 g/mol. The Labute approximate surface area is 113 Å². The van der Waals surface area contributed by atoms with Crippen molar-refractivity contribution in [2.45, 2.75) is 4.90 Å². The van der Waals surface area contributed by atoms with E-state index in [1.807, 2.05) is 4.72 Å². The molecule has 9 heteroatoms. The molecule has 20 heavy (non-hydrogen) atoms. The molecule has 0 amide bonds. The second-order valence-electron chi connectivity index (χ2n) is 3.73. The van der Waals surface area contributed by atoms with Crippen LogP contribution in [0.3, 0.4) is 0 Å². The lowest BCUT2D eigenvalue weighted by molar-refractivity contribution is 0.511. The van der Waals surface area contributed by atoms with E-state index in [9.17, 15) is 17.2 Å². The highest BCUT2D eigenvalue weighted by Gasteiger charge is 2.18. The van der Waals surface area contributed by atoms with E-state index in [-0.39, 0.29) is 10.7 Å². The fourth-order valence-corrected chi connectivity index (χ4v) is 2.52. The van der Waals surface area contributed by atoms with E-state index in [2.05, 4.69) is 10.4 Å². The summed E-state index contributed by atoms with van der Waals surface area (Å²) >= 11 is 0. The molecule has 1 heterocycles. The number of nitrogen functional groups attached to an aromatic ring is 1. The van der Waals surface area contributed by atoms with Gasteiger partial charge in [-0.2, -0.15) is 0 Å². The third-order valence-corrected chi connectivity index (χ3v) is 3.75. The average Bonchev–Trinajstić information content (AvgIpc) is 2.44. The Morgan fingerprint density at radius 2 is 1.95 bits per heavy atom. The number of halogens is 2. The monoisotopic (exact) mass is 300 g/mol. The molecular weight excluding hydrogens is 290 g/mol. The normalized spacial score (nSPS) is 11.2. The van der Waals surface area contributed by atoms with Crippen molar-refractivity contribution in [2.75, 3.05) is 10.1 Å². The maximum Gasteiger partial charge on any atom is 0.262 e. The summed E-state index contributed by atoms with van der Waals surface area (Å²) in [5.41, 5.74) is 1.70. The first-order valence-corrected chi connectivity index (χ1v) is 6.82. The van der Waals surface area contributed by atoms with E-state index in [0.29, 0.717) is 0 Å². The highest BCUT2D eigenvalue weighted by molar-refractivity contribution is 7.92. The van der Waals surface area contributed by atoms with Crippen molar-refractivity contribution < 1.29 is 17.2 Å². The standard InChI is InChI=1S/C11H10F2N4O2S/c12-8-2-1-3-9(11(8)13)17-20(18,19)7-4-5-15-10(6-7)16-14/h1-6,17H,14H2,(H,15,16). The zero-order valence-corrected chi connectivity index (χ0v) is 10.8. The van der Waals surface area contributed by atoms with Gasteiger partial charge in [-0.05, 0) is 18.2 Å². The molecule has 0 unspecified atom stereocenters. The largest absolute Gasteiger partial charge is 0.308 e. The highest BCUT2D eigenvalue weighted by atomic mass is 32.2. The number of rotatable bonds is 4. The second-order valence-corrected chi connectivity index (χ2v) is 5.41.